The second-order valence-corrected chi connectivity index (χ2v) is 5.17. The van der Waals surface area contributed by atoms with E-state index >= 15 is 0 Å². The van der Waals surface area contributed by atoms with E-state index in [0.29, 0.717) is 11.8 Å². The SMILES string of the molecule is COCCNCC1CCCN(Cc2noc(C)n2)C1. The summed E-state index contributed by atoms with van der Waals surface area (Å²) < 4.78 is 10.0. The Morgan fingerprint density at radius 2 is 2.42 bits per heavy atom. The molecule has 1 unspecified atom stereocenters. The monoisotopic (exact) mass is 268 g/mol. The molecule has 0 saturated carbocycles. The van der Waals surface area contributed by atoms with Gasteiger partial charge in [-0.2, -0.15) is 4.98 Å². The number of likely N-dealkylation sites (tertiary alicyclic amines) is 1. The maximum absolute atomic E-state index is 5.03. The van der Waals surface area contributed by atoms with Crippen molar-refractivity contribution < 1.29 is 9.26 Å². The van der Waals surface area contributed by atoms with Gasteiger partial charge in [0.1, 0.15) is 0 Å². The summed E-state index contributed by atoms with van der Waals surface area (Å²) in [6, 6.07) is 0. The zero-order valence-electron chi connectivity index (χ0n) is 11.9. The van der Waals surface area contributed by atoms with Crippen molar-refractivity contribution in [3.63, 3.8) is 0 Å². The third-order valence-electron chi connectivity index (χ3n) is 3.45. The molecule has 0 radical (unpaired) electrons. The zero-order chi connectivity index (χ0) is 13.5. The molecule has 1 N–H and O–H groups in total. The Morgan fingerprint density at radius 3 is 3.16 bits per heavy atom. The van der Waals surface area contributed by atoms with E-state index < -0.39 is 0 Å². The number of aryl methyl sites for hydroxylation is 1. The van der Waals surface area contributed by atoms with E-state index in [1.165, 1.54) is 12.8 Å². The lowest BCUT2D eigenvalue weighted by Gasteiger charge is -2.32. The number of nitrogens with one attached hydrogen (secondary N) is 1. The van der Waals surface area contributed by atoms with E-state index in [4.69, 9.17) is 9.26 Å². The Kier molecular flexibility index (Phi) is 5.75. The molecule has 1 atom stereocenters. The molecule has 0 bridgehead atoms. The molecule has 0 amide bonds. The predicted octanol–water partition coefficient (Wildman–Crippen LogP) is 0.826. The van der Waals surface area contributed by atoms with Crippen LogP contribution in [0.15, 0.2) is 4.52 Å². The second-order valence-electron chi connectivity index (χ2n) is 5.17. The number of hydrogen-bond acceptors (Lipinski definition) is 6. The van der Waals surface area contributed by atoms with Gasteiger partial charge in [0.25, 0.3) is 0 Å². The van der Waals surface area contributed by atoms with Crippen LogP contribution in [0.3, 0.4) is 0 Å². The summed E-state index contributed by atoms with van der Waals surface area (Å²) in [4.78, 5) is 6.68. The normalized spacial score (nSPS) is 20.8. The Hall–Kier alpha value is -0.980. The number of methoxy groups -OCH3 is 1. The van der Waals surface area contributed by atoms with Crippen molar-refractivity contribution in [2.24, 2.45) is 5.92 Å². The highest BCUT2D eigenvalue weighted by Crippen LogP contribution is 2.17. The maximum atomic E-state index is 5.03. The largest absolute Gasteiger partial charge is 0.383 e. The summed E-state index contributed by atoms with van der Waals surface area (Å²) >= 11 is 0. The lowest BCUT2D eigenvalue weighted by Crippen LogP contribution is -2.39. The number of ether oxygens (including phenoxy) is 1. The van der Waals surface area contributed by atoms with Gasteiger partial charge in [0.15, 0.2) is 5.82 Å². The maximum Gasteiger partial charge on any atom is 0.223 e. The fourth-order valence-corrected chi connectivity index (χ4v) is 2.55. The first-order valence-electron chi connectivity index (χ1n) is 6.99. The molecule has 2 heterocycles. The molecular formula is C13H24N4O2. The van der Waals surface area contributed by atoms with Crippen molar-refractivity contribution in [1.29, 1.82) is 0 Å². The van der Waals surface area contributed by atoms with Crippen LogP contribution in [0.4, 0.5) is 0 Å². The number of nitrogens with zero attached hydrogens (tertiary/aromatic N) is 3. The summed E-state index contributed by atoms with van der Waals surface area (Å²) in [5.74, 6) is 2.15. The average Bonchev–Trinajstić information content (AvgIpc) is 2.81. The molecule has 2 rings (SSSR count). The average molecular weight is 268 g/mol. The molecule has 1 aliphatic rings. The van der Waals surface area contributed by atoms with E-state index in [-0.39, 0.29) is 0 Å². The molecular weight excluding hydrogens is 244 g/mol. The molecule has 6 heteroatoms. The molecule has 0 aliphatic carbocycles. The van der Waals surface area contributed by atoms with Crippen LogP contribution in [-0.2, 0) is 11.3 Å². The van der Waals surface area contributed by atoms with Crippen LogP contribution < -0.4 is 5.32 Å². The van der Waals surface area contributed by atoms with Crippen LogP contribution in [0.5, 0.6) is 0 Å². The third-order valence-corrected chi connectivity index (χ3v) is 3.45. The van der Waals surface area contributed by atoms with Crippen LogP contribution in [-0.4, -0.2) is 54.9 Å². The highest BCUT2D eigenvalue weighted by Gasteiger charge is 2.20. The minimum Gasteiger partial charge on any atom is -0.383 e. The third kappa shape index (κ3) is 4.89. The first-order valence-corrected chi connectivity index (χ1v) is 6.99. The summed E-state index contributed by atoms with van der Waals surface area (Å²) in [7, 11) is 1.73. The molecule has 1 fully saturated rings. The van der Waals surface area contributed by atoms with Crippen LogP contribution in [0.2, 0.25) is 0 Å². The quantitative estimate of drug-likeness (QED) is 0.739. The lowest BCUT2D eigenvalue weighted by atomic mass is 9.98. The highest BCUT2D eigenvalue weighted by molar-refractivity contribution is 4.86. The molecule has 0 aromatic carbocycles. The van der Waals surface area contributed by atoms with E-state index in [1.807, 2.05) is 6.92 Å². The molecule has 19 heavy (non-hydrogen) atoms. The van der Waals surface area contributed by atoms with Gasteiger partial charge < -0.3 is 14.6 Å². The van der Waals surface area contributed by atoms with Gasteiger partial charge in [0, 0.05) is 27.1 Å². The van der Waals surface area contributed by atoms with Gasteiger partial charge in [0.05, 0.1) is 13.2 Å². The van der Waals surface area contributed by atoms with Gasteiger partial charge >= 0.3 is 0 Å². The van der Waals surface area contributed by atoms with E-state index in [1.54, 1.807) is 7.11 Å². The fraction of sp³-hybridized carbons (Fsp3) is 0.846. The van der Waals surface area contributed by atoms with Crippen molar-refractivity contribution in [3.05, 3.63) is 11.7 Å². The summed E-state index contributed by atoms with van der Waals surface area (Å²) in [5, 5.41) is 7.40. The zero-order valence-corrected chi connectivity index (χ0v) is 11.9. The van der Waals surface area contributed by atoms with Gasteiger partial charge in [0.2, 0.25) is 5.89 Å². The molecule has 6 nitrogen and oxygen atoms in total. The summed E-state index contributed by atoms with van der Waals surface area (Å²) in [6.07, 6.45) is 2.54. The van der Waals surface area contributed by atoms with Crippen LogP contribution in [0, 0.1) is 12.8 Å². The van der Waals surface area contributed by atoms with Gasteiger partial charge in [-0.05, 0) is 31.8 Å². The first kappa shape index (κ1) is 14.4. The number of rotatable bonds is 7. The second kappa shape index (κ2) is 7.57. The summed E-state index contributed by atoms with van der Waals surface area (Å²) in [6.45, 7) is 7.62. The first-order chi connectivity index (χ1) is 9.28. The van der Waals surface area contributed by atoms with Crippen molar-refractivity contribution in [2.45, 2.75) is 26.3 Å². The predicted molar refractivity (Wildman–Crippen MR) is 71.8 cm³/mol. The van der Waals surface area contributed by atoms with E-state index in [0.717, 1.165) is 45.2 Å². The molecule has 1 aromatic heterocycles. The van der Waals surface area contributed by atoms with Crippen LogP contribution >= 0.6 is 0 Å². The van der Waals surface area contributed by atoms with Crippen molar-refractivity contribution >= 4 is 0 Å². The number of piperidine rings is 1. The molecule has 108 valence electrons. The topological polar surface area (TPSA) is 63.4 Å². The standard InChI is InChI=1S/C13H24N4O2/c1-11-15-13(16-19-11)10-17-6-3-4-12(9-17)8-14-5-7-18-2/h12,14H,3-10H2,1-2H3. The van der Waals surface area contributed by atoms with Gasteiger partial charge in [-0.3, -0.25) is 4.90 Å². The molecule has 1 aliphatic heterocycles. The number of aromatic nitrogens is 2. The van der Waals surface area contributed by atoms with Gasteiger partial charge in [-0.25, -0.2) is 0 Å². The van der Waals surface area contributed by atoms with Crippen LogP contribution in [0.25, 0.3) is 0 Å². The van der Waals surface area contributed by atoms with Gasteiger partial charge in [-0.1, -0.05) is 5.16 Å². The molecule has 1 aromatic rings. The van der Waals surface area contributed by atoms with Crippen molar-refractivity contribution in [2.75, 3.05) is 39.9 Å². The fourth-order valence-electron chi connectivity index (χ4n) is 2.55. The Labute approximate surface area is 114 Å². The lowest BCUT2D eigenvalue weighted by molar-refractivity contribution is 0.155. The highest BCUT2D eigenvalue weighted by atomic mass is 16.5. The van der Waals surface area contributed by atoms with E-state index in [2.05, 4.69) is 20.4 Å². The Bertz CT molecular complexity index is 369. The molecule has 0 spiro atoms. The number of hydrogen-bond donors (Lipinski definition) is 1. The van der Waals surface area contributed by atoms with E-state index in [9.17, 15) is 0 Å². The Morgan fingerprint density at radius 1 is 1.53 bits per heavy atom. The minimum atomic E-state index is 0.643. The minimum absolute atomic E-state index is 0.643. The van der Waals surface area contributed by atoms with Crippen molar-refractivity contribution in [3.8, 4) is 0 Å². The van der Waals surface area contributed by atoms with Crippen LogP contribution in [0.1, 0.15) is 24.6 Å². The molecule has 1 saturated heterocycles. The van der Waals surface area contributed by atoms with Crippen molar-refractivity contribution in [1.82, 2.24) is 20.4 Å². The smallest absolute Gasteiger partial charge is 0.223 e. The Balaban J connectivity index is 1.71. The summed E-state index contributed by atoms with van der Waals surface area (Å²) in [5.41, 5.74) is 0. The van der Waals surface area contributed by atoms with Gasteiger partial charge in [-0.15, -0.1) is 0 Å².